The fraction of sp³-hybridized carbons (Fsp3) is 0.308. The van der Waals surface area contributed by atoms with Gasteiger partial charge in [0.2, 0.25) is 12.4 Å². The first-order valence-corrected chi connectivity index (χ1v) is 13.8. The number of rotatable bonds is 6. The van der Waals surface area contributed by atoms with Crippen LogP contribution in [-0.2, 0) is 15.8 Å². The van der Waals surface area contributed by atoms with E-state index in [0.717, 1.165) is 48.4 Å². The van der Waals surface area contributed by atoms with E-state index in [-0.39, 0.29) is 6.41 Å². The molecular weight excluding hydrogens is 492 g/mol. The van der Waals surface area contributed by atoms with E-state index in [0.29, 0.717) is 16.9 Å². The molecule has 1 aromatic heterocycles. The molecule has 188 valence electrons. The van der Waals surface area contributed by atoms with Crippen LogP contribution >= 0.6 is 11.8 Å². The van der Waals surface area contributed by atoms with Gasteiger partial charge >= 0.3 is 0 Å². The van der Waals surface area contributed by atoms with Gasteiger partial charge in [-0.1, -0.05) is 30.3 Å². The SMILES string of the molecule is Cc1cc(C#N)nc(N2CCC(Sc3ccc(-c4ccccc4N(C)S(C)=O)cc3)CC2)n1.NC=O. The number of para-hydroxylation sites is 1. The van der Waals surface area contributed by atoms with Gasteiger partial charge in [-0.3, -0.25) is 9.10 Å². The summed E-state index contributed by atoms with van der Waals surface area (Å²) in [6, 6.07) is 20.5. The Morgan fingerprint density at radius 2 is 1.81 bits per heavy atom. The zero-order valence-corrected chi connectivity index (χ0v) is 22.3. The standard InChI is InChI=1S/C25H27N5OS2.CH3NO/c1-18-16-20(17-26)28-25(27-18)30-14-12-22(13-15-30)32-21-10-8-19(9-11-21)23-6-4-5-7-24(23)29(2)33(3)31;2-1-3/h4-11,16,22H,12-15H2,1-3H3;1H,(H2,2,3). The van der Waals surface area contributed by atoms with Crippen molar-refractivity contribution in [2.75, 3.05) is 35.6 Å². The number of hydrogen-bond acceptors (Lipinski definition) is 7. The second-order valence-corrected chi connectivity index (χ2v) is 11.0. The molecule has 8 nitrogen and oxygen atoms in total. The van der Waals surface area contributed by atoms with E-state index in [1.165, 1.54) is 4.90 Å². The molecule has 2 N–H and O–H groups in total. The van der Waals surface area contributed by atoms with Crippen molar-refractivity contribution >= 4 is 40.8 Å². The van der Waals surface area contributed by atoms with E-state index in [4.69, 9.17) is 4.79 Å². The molecule has 1 amide bonds. The highest BCUT2D eigenvalue weighted by Crippen LogP contribution is 2.35. The highest BCUT2D eigenvalue weighted by atomic mass is 32.2. The summed E-state index contributed by atoms with van der Waals surface area (Å²) in [5.74, 6) is 0.663. The normalized spacial score (nSPS) is 14.2. The third-order valence-corrected chi connectivity index (χ3v) is 8.10. The van der Waals surface area contributed by atoms with Gasteiger partial charge in [-0.25, -0.2) is 14.2 Å². The summed E-state index contributed by atoms with van der Waals surface area (Å²) in [5.41, 5.74) is 8.57. The van der Waals surface area contributed by atoms with Gasteiger partial charge in [0.15, 0.2) is 0 Å². The van der Waals surface area contributed by atoms with Gasteiger partial charge in [0.1, 0.15) is 22.7 Å². The Balaban J connectivity index is 0.00000115. The van der Waals surface area contributed by atoms with E-state index < -0.39 is 11.0 Å². The lowest BCUT2D eigenvalue weighted by Crippen LogP contribution is -2.36. The van der Waals surface area contributed by atoms with E-state index >= 15 is 0 Å². The molecule has 0 spiro atoms. The molecule has 0 radical (unpaired) electrons. The summed E-state index contributed by atoms with van der Waals surface area (Å²) < 4.78 is 13.8. The maximum atomic E-state index is 12.0. The highest BCUT2D eigenvalue weighted by molar-refractivity contribution is 8.00. The smallest absolute Gasteiger partial charge is 0.226 e. The lowest BCUT2D eigenvalue weighted by atomic mass is 10.0. The van der Waals surface area contributed by atoms with Crippen molar-refractivity contribution in [3.63, 3.8) is 0 Å². The Bertz CT molecular complexity index is 1240. The number of nitrogens with two attached hydrogens (primary N) is 1. The minimum atomic E-state index is -1.07. The van der Waals surface area contributed by atoms with E-state index in [1.807, 2.05) is 43.9 Å². The van der Waals surface area contributed by atoms with Crippen molar-refractivity contribution in [3.05, 3.63) is 66.0 Å². The maximum absolute atomic E-state index is 12.0. The summed E-state index contributed by atoms with van der Waals surface area (Å²) in [5, 5.41) is 9.71. The Hall–Kier alpha value is -3.42. The van der Waals surface area contributed by atoms with Crippen molar-refractivity contribution in [2.24, 2.45) is 5.73 Å². The van der Waals surface area contributed by atoms with Crippen LogP contribution in [0.2, 0.25) is 0 Å². The van der Waals surface area contributed by atoms with Crippen LogP contribution in [0.5, 0.6) is 0 Å². The van der Waals surface area contributed by atoms with Crippen LogP contribution < -0.4 is 14.9 Å². The van der Waals surface area contributed by atoms with Crippen LogP contribution in [0.1, 0.15) is 24.2 Å². The molecule has 2 aromatic carbocycles. The Kier molecular flexibility index (Phi) is 9.85. The zero-order chi connectivity index (χ0) is 26.1. The molecule has 2 heterocycles. The van der Waals surface area contributed by atoms with Gasteiger partial charge in [0, 0.05) is 47.8 Å². The maximum Gasteiger partial charge on any atom is 0.226 e. The van der Waals surface area contributed by atoms with Crippen molar-refractivity contribution < 1.29 is 9.00 Å². The largest absolute Gasteiger partial charge is 0.372 e. The first kappa shape index (κ1) is 27.2. The number of anilines is 2. The third kappa shape index (κ3) is 7.06. The quantitative estimate of drug-likeness (QED) is 0.488. The number of primary amides is 1. The summed E-state index contributed by atoms with van der Waals surface area (Å²) in [6.45, 7) is 3.67. The average molecular weight is 523 g/mol. The molecule has 0 aliphatic carbocycles. The van der Waals surface area contributed by atoms with Gasteiger partial charge in [-0.05, 0) is 49.6 Å². The second kappa shape index (κ2) is 13.0. The number of nitriles is 1. The molecule has 1 fully saturated rings. The molecule has 10 heteroatoms. The first-order valence-electron chi connectivity index (χ1n) is 11.5. The molecular formula is C26H30N6O2S2. The molecule has 0 saturated carbocycles. The van der Waals surface area contributed by atoms with Gasteiger partial charge in [0.05, 0.1) is 5.69 Å². The molecule has 36 heavy (non-hydrogen) atoms. The monoisotopic (exact) mass is 522 g/mol. The first-order chi connectivity index (χ1) is 17.4. The number of aryl methyl sites for hydroxylation is 1. The fourth-order valence-corrected chi connectivity index (χ4v) is 5.52. The van der Waals surface area contributed by atoms with Gasteiger partial charge in [-0.15, -0.1) is 11.8 Å². The van der Waals surface area contributed by atoms with Crippen LogP contribution in [0, 0.1) is 18.3 Å². The van der Waals surface area contributed by atoms with E-state index in [1.54, 1.807) is 16.6 Å². The zero-order valence-electron chi connectivity index (χ0n) is 20.6. The number of hydrogen-bond donors (Lipinski definition) is 1. The Morgan fingerprint density at radius 3 is 2.42 bits per heavy atom. The average Bonchev–Trinajstić information content (AvgIpc) is 2.89. The molecule has 4 rings (SSSR count). The number of carbonyl (C=O) groups excluding carboxylic acids is 1. The third-order valence-electron chi connectivity index (χ3n) is 5.78. The molecule has 1 atom stereocenters. The minimum absolute atomic E-state index is 0.250. The van der Waals surface area contributed by atoms with Crippen LogP contribution in [0.3, 0.4) is 0 Å². The molecule has 1 aliphatic rings. The summed E-state index contributed by atoms with van der Waals surface area (Å²) in [7, 11) is 0.781. The van der Waals surface area contributed by atoms with E-state index in [2.05, 4.69) is 57.0 Å². The van der Waals surface area contributed by atoms with Crippen LogP contribution in [0.4, 0.5) is 11.6 Å². The van der Waals surface area contributed by atoms with Gasteiger partial charge in [-0.2, -0.15) is 5.26 Å². The van der Waals surface area contributed by atoms with Gasteiger partial charge < -0.3 is 10.6 Å². The van der Waals surface area contributed by atoms with Crippen molar-refractivity contribution in [1.29, 1.82) is 5.26 Å². The number of thioether (sulfide) groups is 1. The van der Waals surface area contributed by atoms with Crippen LogP contribution in [0.15, 0.2) is 59.5 Å². The lowest BCUT2D eigenvalue weighted by molar-refractivity contribution is -0.106. The molecule has 1 unspecified atom stereocenters. The van der Waals surface area contributed by atoms with Gasteiger partial charge in [0.25, 0.3) is 0 Å². The van der Waals surface area contributed by atoms with Crippen molar-refractivity contribution in [2.45, 2.75) is 29.9 Å². The number of amides is 1. The minimum Gasteiger partial charge on any atom is -0.372 e. The Morgan fingerprint density at radius 1 is 1.17 bits per heavy atom. The molecule has 0 bridgehead atoms. The van der Waals surface area contributed by atoms with Crippen molar-refractivity contribution in [3.8, 4) is 17.2 Å². The topological polar surface area (TPSA) is 116 Å². The Labute approximate surface area is 219 Å². The number of aromatic nitrogens is 2. The van der Waals surface area contributed by atoms with E-state index in [9.17, 15) is 9.47 Å². The number of piperidine rings is 1. The second-order valence-electron chi connectivity index (χ2n) is 8.21. The predicted molar refractivity (Wildman–Crippen MR) is 147 cm³/mol. The molecule has 3 aromatic rings. The predicted octanol–water partition coefficient (Wildman–Crippen LogP) is 3.92. The van der Waals surface area contributed by atoms with Crippen molar-refractivity contribution in [1.82, 2.24) is 9.97 Å². The number of nitrogens with zero attached hydrogens (tertiary/aromatic N) is 5. The fourth-order valence-electron chi connectivity index (χ4n) is 3.96. The summed E-state index contributed by atoms with van der Waals surface area (Å²) >= 11 is 1.91. The number of benzene rings is 2. The lowest BCUT2D eigenvalue weighted by Gasteiger charge is -2.31. The number of carbonyl (C=O) groups is 1. The highest BCUT2D eigenvalue weighted by Gasteiger charge is 2.22. The van der Waals surface area contributed by atoms with Crippen LogP contribution in [0.25, 0.3) is 11.1 Å². The summed E-state index contributed by atoms with van der Waals surface area (Å²) in [4.78, 5) is 20.9. The molecule has 1 saturated heterocycles. The molecule has 1 aliphatic heterocycles. The summed E-state index contributed by atoms with van der Waals surface area (Å²) in [6.07, 6.45) is 4.03. The van der Waals surface area contributed by atoms with Crippen LogP contribution in [-0.4, -0.2) is 52.2 Å².